The Labute approximate surface area is 211 Å². The third-order valence-electron chi connectivity index (χ3n) is 5.07. The van der Waals surface area contributed by atoms with Crippen molar-refractivity contribution in [3.63, 3.8) is 0 Å². The molecule has 0 aliphatic rings. The Morgan fingerprint density at radius 3 is 2.70 bits per heavy atom. The lowest BCUT2D eigenvalue weighted by atomic mass is 10.1. The molecule has 4 aromatic rings. The molecule has 0 bridgehead atoms. The van der Waals surface area contributed by atoms with E-state index in [4.69, 9.17) is 10.5 Å². The number of nitrogens with one attached hydrogen (secondary N) is 1. The molecule has 0 atom stereocenters. The summed E-state index contributed by atoms with van der Waals surface area (Å²) in [6.45, 7) is -1.31. The molecule has 0 fully saturated rings. The number of pyridine rings is 2. The first kappa shape index (κ1) is 25.6. The summed E-state index contributed by atoms with van der Waals surface area (Å²) in [5.74, 6) is -2.43. The number of nitrogens with zero attached hydrogens (tertiary/aromatic N) is 3. The maximum absolute atomic E-state index is 14.6. The van der Waals surface area contributed by atoms with E-state index in [1.165, 1.54) is 36.5 Å². The van der Waals surface area contributed by atoms with Crippen LogP contribution in [0.3, 0.4) is 0 Å². The lowest BCUT2D eigenvalue weighted by Crippen LogP contribution is -2.19. The molecule has 0 aliphatic heterocycles. The van der Waals surface area contributed by atoms with E-state index in [9.17, 15) is 27.6 Å². The first-order valence-corrected chi connectivity index (χ1v) is 11.4. The molecule has 37 heavy (non-hydrogen) atoms. The molecule has 2 amide bonds. The Morgan fingerprint density at radius 1 is 1.22 bits per heavy atom. The zero-order valence-electron chi connectivity index (χ0n) is 19.1. The van der Waals surface area contributed by atoms with Crippen LogP contribution in [0.2, 0.25) is 0 Å². The standard InChI is InChI=1S/C24H18F3N5O4S/c1-12-20(14-5-7-19(34)32(11-14)23(26)27)31-24(37-12)30-18(33)10-13-4-6-17(16(25)9-13)36-22-15(21(28)35)3-2-8-29-22/h2-9,11,23H,10H2,1H3,(H2,28,35)(H,30,31,33). The summed E-state index contributed by atoms with van der Waals surface area (Å²) in [5.41, 5.74) is 5.37. The molecule has 0 saturated carbocycles. The number of primary amides is 1. The number of ether oxygens (including phenoxy) is 1. The summed E-state index contributed by atoms with van der Waals surface area (Å²) in [6, 6.07) is 9.13. The van der Waals surface area contributed by atoms with Gasteiger partial charge < -0.3 is 15.8 Å². The molecule has 0 aliphatic carbocycles. The third kappa shape index (κ3) is 5.83. The van der Waals surface area contributed by atoms with Crippen LogP contribution in [0.15, 0.2) is 59.7 Å². The van der Waals surface area contributed by atoms with Crippen molar-refractivity contribution in [1.82, 2.24) is 14.5 Å². The molecule has 3 aromatic heterocycles. The van der Waals surface area contributed by atoms with Gasteiger partial charge in [0.1, 0.15) is 5.56 Å². The number of halogens is 3. The zero-order chi connectivity index (χ0) is 26.7. The summed E-state index contributed by atoms with van der Waals surface area (Å²) in [6.07, 6.45) is 2.17. The van der Waals surface area contributed by atoms with E-state index in [0.717, 1.165) is 29.7 Å². The van der Waals surface area contributed by atoms with Gasteiger partial charge in [0.2, 0.25) is 11.8 Å². The van der Waals surface area contributed by atoms with E-state index in [-0.39, 0.29) is 33.3 Å². The topological polar surface area (TPSA) is 129 Å². The maximum atomic E-state index is 14.6. The molecule has 9 nitrogen and oxygen atoms in total. The van der Waals surface area contributed by atoms with Gasteiger partial charge in [0.15, 0.2) is 16.7 Å². The first-order chi connectivity index (χ1) is 17.6. The number of alkyl halides is 2. The van der Waals surface area contributed by atoms with Crippen molar-refractivity contribution in [2.45, 2.75) is 19.9 Å². The fraction of sp³-hybridized carbons (Fsp3) is 0.125. The van der Waals surface area contributed by atoms with Crippen molar-refractivity contribution < 1.29 is 27.5 Å². The largest absolute Gasteiger partial charge is 0.435 e. The molecule has 3 N–H and O–H groups in total. The number of anilines is 1. The molecule has 0 radical (unpaired) electrons. The highest BCUT2D eigenvalue weighted by Crippen LogP contribution is 2.31. The Morgan fingerprint density at radius 2 is 2.00 bits per heavy atom. The van der Waals surface area contributed by atoms with Crippen molar-refractivity contribution in [2.75, 3.05) is 5.32 Å². The number of rotatable bonds is 8. The predicted molar refractivity (Wildman–Crippen MR) is 129 cm³/mol. The Kier molecular flexibility index (Phi) is 7.34. The average Bonchev–Trinajstić information content (AvgIpc) is 3.20. The normalized spacial score (nSPS) is 10.9. The summed E-state index contributed by atoms with van der Waals surface area (Å²) < 4.78 is 46.4. The molecular formula is C24H18F3N5O4S. The number of aromatic nitrogens is 3. The van der Waals surface area contributed by atoms with E-state index in [0.29, 0.717) is 21.7 Å². The summed E-state index contributed by atoms with van der Waals surface area (Å²) >= 11 is 1.12. The van der Waals surface area contributed by atoms with Crippen molar-refractivity contribution in [3.8, 4) is 22.9 Å². The number of carbonyl (C=O) groups excluding carboxylic acids is 2. The number of amides is 2. The van der Waals surface area contributed by atoms with E-state index < -0.39 is 29.7 Å². The summed E-state index contributed by atoms with van der Waals surface area (Å²) in [5, 5.41) is 2.81. The van der Waals surface area contributed by atoms with Crippen LogP contribution in [0.4, 0.5) is 18.3 Å². The molecule has 0 unspecified atom stereocenters. The van der Waals surface area contributed by atoms with Crippen LogP contribution in [0.5, 0.6) is 11.6 Å². The molecule has 13 heteroatoms. The molecule has 1 aromatic carbocycles. The Hall–Kier alpha value is -4.52. The van der Waals surface area contributed by atoms with Gasteiger partial charge in [0.25, 0.3) is 11.5 Å². The van der Waals surface area contributed by atoms with Crippen molar-refractivity contribution in [1.29, 1.82) is 0 Å². The van der Waals surface area contributed by atoms with Gasteiger partial charge in [0, 0.05) is 28.9 Å². The second-order valence-corrected chi connectivity index (χ2v) is 8.88. The Balaban J connectivity index is 1.45. The second-order valence-electron chi connectivity index (χ2n) is 7.68. The Bertz CT molecular complexity index is 1550. The summed E-state index contributed by atoms with van der Waals surface area (Å²) in [7, 11) is 0. The monoisotopic (exact) mass is 529 g/mol. The van der Waals surface area contributed by atoms with Crippen LogP contribution in [-0.2, 0) is 11.2 Å². The number of benzene rings is 1. The van der Waals surface area contributed by atoms with E-state index >= 15 is 0 Å². The van der Waals surface area contributed by atoms with E-state index in [1.54, 1.807) is 6.92 Å². The minimum Gasteiger partial charge on any atom is -0.435 e. The highest BCUT2D eigenvalue weighted by molar-refractivity contribution is 7.16. The van der Waals surface area contributed by atoms with Gasteiger partial charge in [0.05, 0.1) is 12.1 Å². The fourth-order valence-electron chi connectivity index (χ4n) is 3.36. The number of aryl methyl sites for hydroxylation is 1. The SMILES string of the molecule is Cc1sc(NC(=O)Cc2ccc(Oc3ncccc3C(N)=O)c(F)c2)nc1-c1ccc(=O)n(C(F)F)c1. The van der Waals surface area contributed by atoms with Gasteiger partial charge in [-0.05, 0) is 42.8 Å². The quantitative estimate of drug-likeness (QED) is 0.351. The van der Waals surface area contributed by atoms with Gasteiger partial charge in [-0.2, -0.15) is 8.78 Å². The molecule has 3 heterocycles. The zero-order valence-corrected chi connectivity index (χ0v) is 19.9. The first-order valence-electron chi connectivity index (χ1n) is 10.6. The van der Waals surface area contributed by atoms with Crippen LogP contribution in [0.25, 0.3) is 11.3 Å². The van der Waals surface area contributed by atoms with Crippen LogP contribution >= 0.6 is 11.3 Å². The minimum absolute atomic E-state index is 0.0172. The number of thiazole rings is 1. The number of hydrogen-bond donors (Lipinski definition) is 2. The smallest absolute Gasteiger partial charge is 0.321 e. The molecule has 4 rings (SSSR count). The minimum atomic E-state index is -3.00. The predicted octanol–water partition coefficient (Wildman–Crippen LogP) is 4.28. The summed E-state index contributed by atoms with van der Waals surface area (Å²) in [4.78, 5) is 44.4. The van der Waals surface area contributed by atoms with Crippen molar-refractivity contribution >= 4 is 28.3 Å². The van der Waals surface area contributed by atoms with Gasteiger partial charge in [-0.15, -0.1) is 11.3 Å². The van der Waals surface area contributed by atoms with Crippen molar-refractivity contribution in [3.05, 3.63) is 87.0 Å². The fourth-order valence-corrected chi connectivity index (χ4v) is 4.22. The lowest BCUT2D eigenvalue weighted by molar-refractivity contribution is -0.115. The highest BCUT2D eigenvalue weighted by Gasteiger charge is 2.17. The second kappa shape index (κ2) is 10.6. The highest BCUT2D eigenvalue weighted by atomic mass is 32.1. The van der Waals surface area contributed by atoms with Crippen molar-refractivity contribution in [2.24, 2.45) is 5.73 Å². The third-order valence-corrected chi connectivity index (χ3v) is 5.96. The van der Waals surface area contributed by atoms with Gasteiger partial charge in [-0.3, -0.25) is 19.0 Å². The lowest BCUT2D eigenvalue weighted by Gasteiger charge is -2.09. The van der Waals surface area contributed by atoms with Crippen LogP contribution < -0.4 is 21.3 Å². The molecular weight excluding hydrogens is 511 g/mol. The number of carbonyl (C=O) groups is 2. The maximum Gasteiger partial charge on any atom is 0.321 e. The van der Waals surface area contributed by atoms with Gasteiger partial charge >= 0.3 is 6.55 Å². The average molecular weight is 530 g/mol. The van der Waals surface area contributed by atoms with Crippen LogP contribution in [-0.4, -0.2) is 26.3 Å². The molecule has 190 valence electrons. The number of hydrogen-bond acceptors (Lipinski definition) is 7. The van der Waals surface area contributed by atoms with Gasteiger partial charge in [-0.1, -0.05) is 6.07 Å². The van der Waals surface area contributed by atoms with Gasteiger partial charge in [-0.25, -0.2) is 14.4 Å². The van der Waals surface area contributed by atoms with Crippen LogP contribution in [0, 0.1) is 12.7 Å². The van der Waals surface area contributed by atoms with E-state index in [1.807, 2.05) is 0 Å². The van der Waals surface area contributed by atoms with E-state index in [2.05, 4.69) is 15.3 Å². The molecule has 0 saturated heterocycles. The molecule has 0 spiro atoms. The number of nitrogens with two attached hydrogens (primary N) is 1. The van der Waals surface area contributed by atoms with Crippen LogP contribution in [0.1, 0.15) is 27.3 Å².